The first-order valence-corrected chi connectivity index (χ1v) is 3.22. The molecule has 0 spiro atoms. The average molecular weight is 173 g/mol. The van der Waals surface area contributed by atoms with Crippen molar-refractivity contribution in [3.8, 4) is 0 Å². The smallest absolute Gasteiger partial charge is 0.357 e. The van der Waals surface area contributed by atoms with Crippen molar-refractivity contribution in [1.82, 2.24) is 10.2 Å². The number of carboxylic acids is 1. The summed E-state index contributed by atoms with van der Waals surface area (Å²) in [5, 5.41) is 15.5. The molecule has 58 valence electrons. The number of aromatic carboxylic acids is 1. The summed E-state index contributed by atoms with van der Waals surface area (Å²) < 4.78 is 0. The maximum atomic E-state index is 10.3. The fourth-order valence-electron chi connectivity index (χ4n) is 0.602. The Morgan fingerprint density at radius 2 is 2.27 bits per heavy atom. The lowest BCUT2D eigenvalue weighted by Gasteiger charge is -1.95. The van der Waals surface area contributed by atoms with Crippen molar-refractivity contribution in [3.05, 3.63) is 22.5 Å². The lowest BCUT2D eigenvalue weighted by Crippen LogP contribution is -2.03. The predicted octanol–water partition coefficient (Wildman–Crippen LogP) is 1.14. The number of aryl methyl sites for hydroxylation is 1. The van der Waals surface area contributed by atoms with Crippen LogP contribution >= 0.6 is 11.6 Å². The molecule has 1 aromatic heterocycles. The Morgan fingerprint density at radius 1 is 1.64 bits per heavy atom. The number of halogens is 1. The van der Waals surface area contributed by atoms with Crippen molar-refractivity contribution in [1.29, 1.82) is 0 Å². The molecule has 1 rings (SSSR count). The molecule has 0 aliphatic carbocycles. The molecule has 1 N–H and O–H groups in total. The molecule has 0 fully saturated rings. The van der Waals surface area contributed by atoms with Gasteiger partial charge in [-0.05, 0) is 13.0 Å². The van der Waals surface area contributed by atoms with Gasteiger partial charge in [-0.15, -0.1) is 5.10 Å². The van der Waals surface area contributed by atoms with Gasteiger partial charge in [0.2, 0.25) is 0 Å². The van der Waals surface area contributed by atoms with E-state index in [1.807, 2.05) is 0 Å². The molecule has 1 heterocycles. The molecule has 0 atom stereocenters. The minimum Gasteiger partial charge on any atom is -0.476 e. The van der Waals surface area contributed by atoms with Crippen LogP contribution in [0, 0.1) is 6.92 Å². The Kier molecular flexibility index (Phi) is 2.05. The van der Waals surface area contributed by atoms with Crippen molar-refractivity contribution >= 4 is 17.6 Å². The molecule has 11 heavy (non-hydrogen) atoms. The van der Waals surface area contributed by atoms with Gasteiger partial charge in [0.25, 0.3) is 0 Å². The van der Waals surface area contributed by atoms with Crippen molar-refractivity contribution in [2.75, 3.05) is 0 Å². The first-order valence-electron chi connectivity index (χ1n) is 2.84. The van der Waals surface area contributed by atoms with Gasteiger partial charge >= 0.3 is 5.97 Å². The maximum absolute atomic E-state index is 10.3. The van der Waals surface area contributed by atoms with E-state index in [1.165, 1.54) is 6.07 Å². The van der Waals surface area contributed by atoms with Crippen LogP contribution in [0.15, 0.2) is 6.07 Å². The van der Waals surface area contributed by atoms with E-state index in [9.17, 15) is 4.79 Å². The third-order valence-electron chi connectivity index (χ3n) is 1.07. The first-order chi connectivity index (χ1) is 5.11. The molecule has 5 heteroatoms. The summed E-state index contributed by atoms with van der Waals surface area (Å²) >= 11 is 5.54. The Hall–Kier alpha value is -1.16. The van der Waals surface area contributed by atoms with Gasteiger partial charge in [-0.25, -0.2) is 4.79 Å². The molecule has 1 aromatic rings. The van der Waals surface area contributed by atoms with E-state index in [2.05, 4.69) is 10.2 Å². The maximum Gasteiger partial charge on any atom is 0.357 e. The molecule has 0 radical (unpaired) electrons. The molecule has 0 unspecified atom stereocenters. The number of hydrogen-bond donors (Lipinski definition) is 1. The molecular formula is C6H5ClN2O2. The van der Waals surface area contributed by atoms with Crippen molar-refractivity contribution in [2.45, 2.75) is 6.92 Å². The van der Waals surface area contributed by atoms with E-state index < -0.39 is 5.97 Å². The van der Waals surface area contributed by atoms with Crippen LogP contribution in [0.5, 0.6) is 0 Å². The van der Waals surface area contributed by atoms with Gasteiger partial charge in [-0.1, -0.05) is 11.6 Å². The Balaban J connectivity index is 3.20. The number of carboxylic acid groups (broad SMARTS) is 1. The van der Waals surface area contributed by atoms with Gasteiger partial charge in [-0.2, -0.15) is 5.10 Å². The minimum absolute atomic E-state index is 0.116. The standard InChI is InChI=1S/C6H5ClN2O2/c1-3-2-4(7)5(6(10)11)9-8-3/h2H,1H3,(H,10,11). The van der Waals surface area contributed by atoms with Gasteiger partial charge in [0.1, 0.15) is 0 Å². The second-order valence-electron chi connectivity index (χ2n) is 1.99. The van der Waals surface area contributed by atoms with Crippen molar-refractivity contribution in [3.63, 3.8) is 0 Å². The summed E-state index contributed by atoms with van der Waals surface area (Å²) in [6, 6.07) is 1.46. The largest absolute Gasteiger partial charge is 0.476 e. The third-order valence-corrected chi connectivity index (χ3v) is 1.36. The summed E-state index contributed by atoms with van der Waals surface area (Å²) in [7, 11) is 0. The number of rotatable bonds is 1. The van der Waals surface area contributed by atoms with Crippen LogP contribution in [0.1, 0.15) is 16.2 Å². The van der Waals surface area contributed by atoms with E-state index in [0.29, 0.717) is 5.69 Å². The summed E-state index contributed by atoms with van der Waals surface area (Å²) in [4.78, 5) is 10.3. The van der Waals surface area contributed by atoms with Gasteiger partial charge in [0.15, 0.2) is 5.69 Å². The van der Waals surface area contributed by atoms with Crippen LogP contribution in [0.25, 0.3) is 0 Å². The van der Waals surface area contributed by atoms with Crippen LogP contribution in [-0.4, -0.2) is 21.3 Å². The Labute approximate surface area is 67.8 Å². The number of aromatic nitrogens is 2. The molecule has 0 amide bonds. The highest BCUT2D eigenvalue weighted by Crippen LogP contribution is 2.12. The van der Waals surface area contributed by atoms with Gasteiger partial charge in [-0.3, -0.25) is 0 Å². The number of hydrogen-bond acceptors (Lipinski definition) is 3. The summed E-state index contributed by atoms with van der Waals surface area (Å²) in [5.41, 5.74) is 0.386. The predicted molar refractivity (Wildman–Crippen MR) is 38.7 cm³/mol. The highest BCUT2D eigenvalue weighted by Gasteiger charge is 2.10. The monoisotopic (exact) mass is 172 g/mol. The normalized spacial score (nSPS) is 9.64. The lowest BCUT2D eigenvalue weighted by molar-refractivity contribution is 0.0689. The number of carbonyl (C=O) groups is 1. The fraction of sp³-hybridized carbons (Fsp3) is 0.167. The summed E-state index contributed by atoms with van der Waals surface area (Å²) in [5.74, 6) is -1.16. The van der Waals surface area contributed by atoms with E-state index >= 15 is 0 Å². The zero-order chi connectivity index (χ0) is 8.43. The van der Waals surface area contributed by atoms with E-state index in [0.717, 1.165) is 0 Å². The Morgan fingerprint density at radius 3 is 2.73 bits per heavy atom. The van der Waals surface area contributed by atoms with Crippen LogP contribution in [0.4, 0.5) is 0 Å². The van der Waals surface area contributed by atoms with Crippen LogP contribution in [-0.2, 0) is 0 Å². The zero-order valence-corrected chi connectivity index (χ0v) is 6.46. The zero-order valence-electron chi connectivity index (χ0n) is 5.71. The molecule has 0 bridgehead atoms. The van der Waals surface area contributed by atoms with Crippen LogP contribution < -0.4 is 0 Å². The SMILES string of the molecule is Cc1cc(Cl)c(C(=O)O)nn1. The minimum atomic E-state index is -1.16. The summed E-state index contributed by atoms with van der Waals surface area (Å²) in [6.45, 7) is 1.69. The second kappa shape index (κ2) is 2.84. The highest BCUT2D eigenvalue weighted by molar-refractivity contribution is 6.33. The molecule has 0 aromatic carbocycles. The van der Waals surface area contributed by atoms with Crippen molar-refractivity contribution in [2.24, 2.45) is 0 Å². The number of nitrogens with zero attached hydrogens (tertiary/aromatic N) is 2. The van der Waals surface area contributed by atoms with E-state index in [4.69, 9.17) is 16.7 Å². The summed E-state index contributed by atoms with van der Waals surface area (Å²) in [6.07, 6.45) is 0. The highest BCUT2D eigenvalue weighted by atomic mass is 35.5. The Bertz CT molecular complexity index is 301. The molecule has 4 nitrogen and oxygen atoms in total. The quantitative estimate of drug-likeness (QED) is 0.690. The molecule has 0 aliphatic heterocycles. The van der Waals surface area contributed by atoms with Gasteiger partial charge < -0.3 is 5.11 Å². The van der Waals surface area contributed by atoms with Gasteiger partial charge in [0.05, 0.1) is 10.7 Å². The lowest BCUT2D eigenvalue weighted by atomic mass is 10.3. The molecule has 0 saturated carbocycles. The van der Waals surface area contributed by atoms with Crippen LogP contribution in [0.2, 0.25) is 5.02 Å². The topological polar surface area (TPSA) is 63.1 Å². The van der Waals surface area contributed by atoms with Crippen molar-refractivity contribution < 1.29 is 9.90 Å². The van der Waals surface area contributed by atoms with E-state index in [-0.39, 0.29) is 10.7 Å². The molecule has 0 aliphatic rings. The molecule has 0 saturated heterocycles. The first kappa shape index (κ1) is 7.94. The second-order valence-corrected chi connectivity index (χ2v) is 2.39. The third kappa shape index (κ3) is 1.65. The van der Waals surface area contributed by atoms with Gasteiger partial charge in [0, 0.05) is 0 Å². The van der Waals surface area contributed by atoms with E-state index in [1.54, 1.807) is 6.92 Å². The van der Waals surface area contributed by atoms with Crippen LogP contribution in [0.3, 0.4) is 0 Å². The fourth-order valence-corrected chi connectivity index (χ4v) is 0.879. The molecular weight excluding hydrogens is 168 g/mol. The average Bonchev–Trinajstić information content (AvgIpc) is 1.85.